The van der Waals surface area contributed by atoms with Gasteiger partial charge in [0, 0.05) is 11.8 Å². The molecule has 0 aliphatic heterocycles. The van der Waals surface area contributed by atoms with E-state index in [0.717, 1.165) is 10.7 Å². The molecule has 2 nitrogen and oxygen atoms in total. The van der Waals surface area contributed by atoms with Crippen LogP contribution >= 0.6 is 11.3 Å². The van der Waals surface area contributed by atoms with E-state index in [1.165, 1.54) is 16.7 Å². The van der Waals surface area contributed by atoms with E-state index in [9.17, 15) is 5.11 Å². The molecule has 2 aromatic rings. The van der Waals surface area contributed by atoms with Crippen molar-refractivity contribution in [2.75, 3.05) is 0 Å². The second kappa shape index (κ2) is 5.63. The number of aliphatic hydroxyl groups excluding tert-OH is 1. The van der Waals surface area contributed by atoms with Crippen molar-refractivity contribution in [1.82, 2.24) is 4.98 Å². The van der Waals surface area contributed by atoms with Gasteiger partial charge in [0.15, 0.2) is 0 Å². The molecule has 1 aromatic heterocycles. The van der Waals surface area contributed by atoms with Gasteiger partial charge < -0.3 is 5.11 Å². The highest BCUT2D eigenvalue weighted by Gasteiger charge is 2.09. The average Bonchev–Trinajstić information content (AvgIpc) is 2.69. The number of hydrogen-bond acceptors (Lipinski definition) is 3. The van der Waals surface area contributed by atoms with Gasteiger partial charge in [-0.3, -0.25) is 0 Å². The summed E-state index contributed by atoms with van der Waals surface area (Å²) in [6.07, 6.45) is 0.975. The quantitative estimate of drug-likeness (QED) is 0.916. The van der Waals surface area contributed by atoms with Crippen LogP contribution in [0.5, 0.6) is 0 Å². The zero-order valence-electron chi connectivity index (χ0n) is 11.1. The van der Waals surface area contributed by atoms with Gasteiger partial charge in [-0.05, 0) is 43.9 Å². The second-order valence-electron chi connectivity index (χ2n) is 4.84. The molecule has 1 heterocycles. The Hall–Kier alpha value is -1.19. The smallest absolute Gasteiger partial charge is 0.0897 e. The predicted octanol–water partition coefficient (Wildman–Crippen LogP) is 3.21. The molecule has 0 bridgehead atoms. The summed E-state index contributed by atoms with van der Waals surface area (Å²) < 4.78 is 0. The van der Waals surface area contributed by atoms with Crippen LogP contribution in [-0.2, 0) is 12.8 Å². The maximum Gasteiger partial charge on any atom is 0.0897 e. The lowest BCUT2D eigenvalue weighted by Gasteiger charge is -2.10. The number of hydrogen-bond donors (Lipinski definition) is 1. The molecule has 96 valence electrons. The van der Waals surface area contributed by atoms with Crippen LogP contribution in [0.25, 0.3) is 0 Å². The number of aliphatic hydroxyl groups is 1. The molecule has 0 saturated carbocycles. The van der Waals surface area contributed by atoms with Crippen LogP contribution in [-0.4, -0.2) is 16.2 Å². The van der Waals surface area contributed by atoms with Crippen LogP contribution in [0.3, 0.4) is 0 Å². The minimum Gasteiger partial charge on any atom is -0.392 e. The highest BCUT2D eigenvalue weighted by atomic mass is 32.1. The molecule has 1 unspecified atom stereocenters. The van der Waals surface area contributed by atoms with E-state index in [2.05, 4.69) is 37.0 Å². The summed E-state index contributed by atoms with van der Waals surface area (Å²) in [5, 5.41) is 13.2. The summed E-state index contributed by atoms with van der Waals surface area (Å²) in [6.45, 7) is 6.20. The summed E-state index contributed by atoms with van der Waals surface area (Å²) in [5.41, 5.74) is 4.76. The number of aryl methyl sites for hydroxylation is 3. The Balaban J connectivity index is 1.98. The van der Waals surface area contributed by atoms with Crippen molar-refractivity contribution in [2.24, 2.45) is 0 Å². The van der Waals surface area contributed by atoms with Crippen molar-refractivity contribution >= 4 is 11.3 Å². The number of nitrogens with zero attached hydrogens (tertiary/aromatic N) is 1. The average molecular weight is 261 g/mol. The van der Waals surface area contributed by atoms with Crippen molar-refractivity contribution in [1.29, 1.82) is 0 Å². The van der Waals surface area contributed by atoms with Gasteiger partial charge in [0.25, 0.3) is 0 Å². The minimum atomic E-state index is -0.353. The zero-order chi connectivity index (χ0) is 13.1. The lowest BCUT2D eigenvalue weighted by molar-refractivity contribution is 0.174. The van der Waals surface area contributed by atoms with Crippen molar-refractivity contribution in [3.63, 3.8) is 0 Å². The highest BCUT2D eigenvalue weighted by Crippen LogP contribution is 2.15. The first-order chi connectivity index (χ1) is 8.54. The fraction of sp³-hybridized carbons (Fsp3) is 0.400. The fourth-order valence-corrected chi connectivity index (χ4v) is 2.64. The van der Waals surface area contributed by atoms with E-state index < -0.39 is 0 Å². The Kier molecular flexibility index (Phi) is 4.15. The summed E-state index contributed by atoms with van der Waals surface area (Å²) >= 11 is 1.63. The maximum absolute atomic E-state index is 10.1. The van der Waals surface area contributed by atoms with Crippen LogP contribution in [0, 0.1) is 20.8 Å². The van der Waals surface area contributed by atoms with Crippen LogP contribution in [0.1, 0.15) is 27.4 Å². The van der Waals surface area contributed by atoms with Gasteiger partial charge in [0.2, 0.25) is 0 Å². The molecule has 0 spiro atoms. The predicted molar refractivity (Wildman–Crippen MR) is 76.2 cm³/mol. The number of thiazole rings is 1. The van der Waals surface area contributed by atoms with Gasteiger partial charge in [-0.15, -0.1) is 11.3 Å². The molecule has 18 heavy (non-hydrogen) atoms. The first-order valence-corrected chi connectivity index (χ1v) is 7.08. The van der Waals surface area contributed by atoms with E-state index in [1.807, 2.05) is 12.3 Å². The Morgan fingerprint density at radius 2 is 1.94 bits per heavy atom. The Morgan fingerprint density at radius 1 is 1.17 bits per heavy atom. The summed E-state index contributed by atoms with van der Waals surface area (Å²) in [4.78, 5) is 4.38. The van der Waals surface area contributed by atoms with Crippen molar-refractivity contribution in [2.45, 2.75) is 39.7 Å². The highest BCUT2D eigenvalue weighted by molar-refractivity contribution is 7.09. The van der Waals surface area contributed by atoms with Gasteiger partial charge in [0.05, 0.1) is 16.8 Å². The van der Waals surface area contributed by atoms with Crippen molar-refractivity contribution in [3.8, 4) is 0 Å². The van der Waals surface area contributed by atoms with E-state index >= 15 is 0 Å². The molecule has 0 saturated heterocycles. The normalized spacial score (nSPS) is 12.7. The van der Waals surface area contributed by atoms with E-state index in [-0.39, 0.29) is 6.10 Å². The Bertz CT molecular complexity index is 533. The molecule has 2 rings (SSSR count). The van der Waals surface area contributed by atoms with Crippen molar-refractivity contribution in [3.05, 3.63) is 51.0 Å². The molecular formula is C15H19NOS. The van der Waals surface area contributed by atoms with Gasteiger partial charge in [-0.25, -0.2) is 4.98 Å². The molecule has 1 atom stereocenters. The monoisotopic (exact) mass is 261 g/mol. The van der Waals surface area contributed by atoms with E-state index in [1.54, 1.807) is 11.3 Å². The van der Waals surface area contributed by atoms with Gasteiger partial charge in [-0.1, -0.05) is 18.2 Å². The molecule has 0 aliphatic rings. The van der Waals surface area contributed by atoms with Crippen LogP contribution < -0.4 is 0 Å². The molecule has 0 amide bonds. The largest absolute Gasteiger partial charge is 0.392 e. The topological polar surface area (TPSA) is 33.1 Å². The number of aromatic nitrogens is 1. The summed E-state index contributed by atoms with van der Waals surface area (Å²) in [6, 6.07) is 6.37. The minimum absolute atomic E-state index is 0.353. The first-order valence-electron chi connectivity index (χ1n) is 6.20. The zero-order valence-corrected chi connectivity index (χ0v) is 11.9. The third-order valence-electron chi connectivity index (χ3n) is 3.15. The molecule has 0 aliphatic carbocycles. The Morgan fingerprint density at radius 3 is 2.56 bits per heavy atom. The SMILES string of the molecule is Cc1nc(CC(O)Cc2ccc(C)c(C)c2)cs1. The van der Waals surface area contributed by atoms with Crippen LogP contribution in [0.4, 0.5) is 0 Å². The third-order valence-corrected chi connectivity index (χ3v) is 3.98. The second-order valence-corrected chi connectivity index (χ2v) is 5.90. The molecule has 1 aromatic carbocycles. The first kappa shape index (κ1) is 13.2. The molecular weight excluding hydrogens is 242 g/mol. The van der Waals surface area contributed by atoms with Crippen LogP contribution in [0.2, 0.25) is 0 Å². The van der Waals surface area contributed by atoms with Gasteiger partial charge in [0.1, 0.15) is 0 Å². The molecule has 0 fully saturated rings. The molecule has 0 radical (unpaired) electrons. The van der Waals surface area contributed by atoms with E-state index in [4.69, 9.17) is 0 Å². The van der Waals surface area contributed by atoms with Crippen molar-refractivity contribution < 1.29 is 5.11 Å². The van der Waals surface area contributed by atoms with E-state index in [0.29, 0.717) is 12.8 Å². The summed E-state index contributed by atoms with van der Waals surface area (Å²) in [5.74, 6) is 0. The van der Waals surface area contributed by atoms with Crippen LogP contribution in [0.15, 0.2) is 23.6 Å². The maximum atomic E-state index is 10.1. The summed E-state index contributed by atoms with van der Waals surface area (Å²) in [7, 11) is 0. The standard InChI is InChI=1S/C15H19NOS/c1-10-4-5-13(6-11(10)2)7-15(17)8-14-9-18-12(3)16-14/h4-6,9,15,17H,7-8H2,1-3H3. The van der Waals surface area contributed by atoms with Gasteiger partial charge >= 0.3 is 0 Å². The molecule has 3 heteroatoms. The van der Waals surface area contributed by atoms with Gasteiger partial charge in [-0.2, -0.15) is 0 Å². The number of benzene rings is 1. The third kappa shape index (κ3) is 3.40. The number of rotatable bonds is 4. The lowest BCUT2D eigenvalue weighted by Crippen LogP contribution is -2.14. The Labute approximate surface area is 112 Å². The molecule has 1 N–H and O–H groups in total. The lowest BCUT2D eigenvalue weighted by atomic mass is 10.0. The fourth-order valence-electron chi connectivity index (χ4n) is 2.02.